The first-order valence-electron chi connectivity index (χ1n) is 9.84. The fourth-order valence-electron chi connectivity index (χ4n) is 2.46. The van der Waals surface area contributed by atoms with Crippen LogP contribution in [-0.2, 0) is 23.8 Å². The highest BCUT2D eigenvalue weighted by Crippen LogP contribution is 2.26. The largest absolute Gasteiger partial charge is 0.462 e. The van der Waals surface area contributed by atoms with Crippen molar-refractivity contribution in [3.8, 4) is 0 Å². The predicted molar refractivity (Wildman–Crippen MR) is 108 cm³/mol. The third-order valence-corrected chi connectivity index (χ3v) is 4.92. The predicted octanol–water partition coefficient (Wildman–Crippen LogP) is 5.14. The van der Waals surface area contributed by atoms with Crippen LogP contribution in [0.25, 0.3) is 0 Å². The summed E-state index contributed by atoms with van der Waals surface area (Å²) in [5, 5.41) is 0. The molecule has 0 aliphatic heterocycles. The van der Waals surface area contributed by atoms with Crippen LogP contribution in [0.5, 0.6) is 0 Å². The van der Waals surface area contributed by atoms with Gasteiger partial charge in [0.25, 0.3) is 0 Å². The molecule has 5 nitrogen and oxygen atoms in total. The zero-order valence-corrected chi connectivity index (χ0v) is 18.1. The van der Waals surface area contributed by atoms with E-state index in [0.717, 1.165) is 38.5 Å². The minimum atomic E-state index is -0.501. The molecule has 2 atom stereocenters. The molecule has 5 heteroatoms. The quantitative estimate of drug-likeness (QED) is 0.236. The second-order valence-corrected chi connectivity index (χ2v) is 7.75. The highest BCUT2D eigenvalue weighted by atomic mass is 16.6. The first kappa shape index (κ1) is 25.4. The molecular formula is C22H38O5. The van der Waals surface area contributed by atoms with E-state index in [-0.39, 0.29) is 17.5 Å². The molecule has 0 fully saturated rings. The first-order chi connectivity index (χ1) is 12.5. The molecule has 0 rings (SSSR count). The lowest BCUT2D eigenvalue weighted by atomic mass is 9.95. The van der Waals surface area contributed by atoms with Gasteiger partial charge in [0.15, 0.2) is 0 Å². The second kappa shape index (κ2) is 12.0. The van der Waals surface area contributed by atoms with E-state index in [2.05, 4.69) is 27.0 Å². The molecule has 0 amide bonds. The summed E-state index contributed by atoms with van der Waals surface area (Å²) < 4.78 is 16.8. The summed E-state index contributed by atoms with van der Waals surface area (Å²) in [6.45, 7) is 19.6. The number of ether oxygens (including phenoxy) is 3. The topological polar surface area (TPSA) is 61.8 Å². The molecular weight excluding hydrogens is 344 g/mol. The van der Waals surface area contributed by atoms with Crippen molar-refractivity contribution in [2.75, 3.05) is 13.2 Å². The highest BCUT2D eigenvalue weighted by molar-refractivity contribution is 5.87. The van der Waals surface area contributed by atoms with E-state index >= 15 is 0 Å². The Labute approximate surface area is 165 Å². The van der Waals surface area contributed by atoms with Crippen LogP contribution in [0.4, 0.5) is 0 Å². The SMILES string of the molecule is C=C(C)C(=O)OCCC[C@@](C)(CC)OCCCC(C)(CC)OC(=O)C(=C)C. The summed E-state index contributed by atoms with van der Waals surface area (Å²) in [4.78, 5) is 23.2. The lowest BCUT2D eigenvalue weighted by Crippen LogP contribution is -2.33. The van der Waals surface area contributed by atoms with Crippen LogP contribution in [-0.4, -0.2) is 36.4 Å². The van der Waals surface area contributed by atoms with E-state index in [1.54, 1.807) is 13.8 Å². The van der Waals surface area contributed by atoms with Crippen molar-refractivity contribution in [1.29, 1.82) is 0 Å². The van der Waals surface area contributed by atoms with Gasteiger partial charge in [0, 0.05) is 17.8 Å². The highest BCUT2D eigenvalue weighted by Gasteiger charge is 2.28. The molecule has 0 radical (unpaired) electrons. The van der Waals surface area contributed by atoms with Gasteiger partial charge in [-0.15, -0.1) is 0 Å². The van der Waals surface area contributed by atoms with Gasteiger partial charge in [-0.2, -0.15) is 0 Å². The standard InChI is InChI=1S/C22H38O5/c1-9-21(7,13-11-15-25-19(23)17(3)4)26-16-12-14-22(8,10-2)27-20(24)18(5)6/h3,5,9-16H2,1-2,4,6-8H3/t21-,22?/m1/s1. The summed E-state index contributed by atoms with van der Waals surface area (Å²) in [5.74, 6) is -0.694. The van der Waals surface area contributed by atoms with Gasteiger partial charge in [0.2, 0.25) is 0 Å². The van der Waals surface area contributed by atoms with E-state index in [0.29, 0.717) is 24.4 Å². The van der Waals surface area contributed by atoms with Crippen molar-refractivity contribution < 1.29 is 23.8 Å². The molecule has 1 unspecified atom stereocenters. The molecule has 0 heterocycles. The molecule has 0 aliphatic carbocycles. The van der Waals surface area contributed by atoms with Gasteiger partial charge in [-0.1, -0.05) is 27.0 Å². The van der Waals surface area contributed by atoms with Crippen molar-refractivity contribution in [1.82, 2.24) is 0 Å². The van der Waals surface area contributed by atoms with Crippen molar-refractivity contribution in [3.05, 3.63) is 24.3 Å². The number of rotatable bonds is 14. The summed E-state index contributed by atoms with van der Waals surface area (Å²) >= 11 is 0. The Hall–Kier alpha value is -1.62. The number of esters is 2. The third-order valence-electron chi connectivity index (χ3n) is 4.92. The molecule has 156 valence electrons. The van der Waals surface area contributed by atoms with Crippen molar-refractivity contribution >= 4 is 11.9 Å². The van der Waals surface area contributed by atoms with Gasteiger partial charge in [-0.3, -0.25) is 0 Å². The molecule has 0 aromatic heterocycles. The smallest absolute Gasteiger partial charge is 0.333 e. The van der Waals surface area contributed by atoms with Crippen LogP contribution in [0.15, 0.2) is 24.3 Å². The molecule has 0 aromatic rings. The van der Waals surface area contributed by atoms with Gasteiger partial charge in [0.05, 0.1) is 12.2 Å². The maximum absolute atomic E-state index is 11.8. The molecule has 0 aromatic carbocycles. The zero-order chi connectivity index (χ0) is 21.1. The van der Waals surface area contributed by atoms with Crippen LogP contribution in [0.1, 0.15) is 80.1 Å². The van der Waals surface area contributed by atoms with Crippen molar-refractivity contribution in [2.24, 2.45) is 0 Å². The van der Waals surface area contributed by atoms with E-state index in [9.17, 15) is 9.59 Å². The van der Waals surface area contributed by atoms with Crippen LogP contribution in [0.3, 0.4) is 0 Å². The molecule has 0 spiro atoms. The van der Waals surface area contributed by atoms with Crippen LogP contribution < -0.4 is 0 Å². The Morgan fingerprint density at radius 2 is 1.30 bits per heavy atom. The van der Waals surface area contributed by atoms with Gasteiger partial charge < -0.3 is 14.2 Å². The average Bonchev–Trinajstić information content (AvgIpc) is 2.62. The van der Waals surface area contributed by atoms with Gasteiger partial charge in [0.1, 0.15) is 5.60 Å². The van der Waals surface area contributed by atoms with E-state index in [4.69, 9.17) is 14.2 Å². The maximum atomic E-state index is 11.8. The Morgan fingerprint density at radius 1 is 0.815 bits per heavy atom. The normalized spacial score (nSPS) is 15.3. The minimum Gasteiger partial charge on any atom is -0.462 e. The molecule has 0 N–H and O–H groups in total. The second-order valence-electron chi connectivity index (χ2n) is 7.75. The first-order valence-corrected chi connectivity index (χ1v) is 9.84. The molecule has 0 saturated heterocycles. The Kier molecular flexibility index (Phi) is 11.2. The van der Waals surface area contributed by atoms with Gasteiger partial charge in [-0.25, -0.2) is 9.59 Å². The maximum Gasteiger partial charge on any atom is 0.333 e. The minimum absolute atomic E-state index is 0.257. The van der Waals surface area contributed by atoms with Gasteiger partial charge >= 0.3 is 11.9 Å². The van der Waals surface area contributed by atoms with Crippen molar-refractivity contribution in [3.63, 3.8) is 0 Å². The Bertz CT molecular complexity index is 525. The number of hydrogen-bond donors (Lipinski definition) is 0. The van der Waals surface area contributed by atoms with Crippen LogP contribution in [0.2, 0.25) is 0 Å². The Balaban J connectivity index is 4.32. The van der Waals surface area contributed by atoms with Crippen LogP contribution >= 0.6 is 0 Å². The summed E-state index contributed by atoms with van der Waals surface area (Å²) in [5.41, 5.74) is 0.0680. The third kappa shape index (κ3) is 10.3. The molecule has 0 aliphatic rings. The van der Waals surface area contributed by atoms with Crippen LogP contribution in [0, 0.1) is 0 Å². The number of hydrogen-bond acceptors (Lipinski definition) is 5. The molecule has 27 heavy (non-hydrogen) atoms. The number of carbonyl (C=O) groups excluding carboxylic acids is 2. The molecule has 0 bridgehead atoms. The average molecular weight is 383 g/mol. The fraction of sp³-hybridized carbons (Fsp3) is 0.727. The summed E-state index contributed by atoms with van der Waals surface area (Å²) in [7, 11) is 0. The van der Waals surface area contributed by atoms with E-state index in [1.807, 2.05) is 13.8 Å². The summed E-state index contributed by atoms with van der Waals surface area (Å²) in [6.07, 6.45) is 4.70. The number of carbonyl (C=O) groups is 2. The monoisotopic (exact) mass is 382 g/mol. The summed E-state index contributed by atoms with van der Waals surface area (Å²) in [6, 6.07) is 0. The lowest BCUT2D eigenvalue weighted by Gasteiger charge is -2.31. The molecule has 0 saturated carbocycles. The van der Waals surface area contributed by atoms with E-state index in [1.165, 1.54) is 0 Å². The van der Waals surface area contributed by atoms with Gasteiger partial charge in [-0.05, 0) is 66.2 Å². The zero-order valence-electron chi connectivity index (χ0n) is 18.1. The van der Waals surface area contributed by atoms with Crippen molar-refractivity contribution in [2.45, 2.75) is 91.3 Å². The lowest BCUT2D eigenvalue weighted by molar-refractivity contribution is -0.154. The van der Waals surface area contributed by atoms with E-state index < -0.39 is 5.60 Å². The fourth-order valence-corrected chi connectivity index (χ4v) is 2.46. The Morgan fingerprint density at radius 3 is 1.78 bits per heavy atom.